The highest BCUT2D eigenvalue weighted by molar-refractivity contribution is 5.86. The molecule has 4 rings (SSSR count). The lowest BCUT2D eigenvalue weighted by Gasteiger charge is -2.35. The molecule has 0 spiro atoms. The zero-order valence-corrected chi connectivity index (χ0v) is 32.7. The second kappa shape index (κ2) is 19.4. The van der Waals surface area contributed by atoms with Gasteiger partial charge in [0.25, 0.3) is 0 Å². The Morgan fingerprint density at radius 2 is 1.56 bits per heavy atom. The summed E-state index contributed by atoms with van der Waals surface area (Å²) in [6, 6.07) is 20.3. The molecule has 5 N–H and O–H groups in total. The number of hydrogen-bond donors (Lipinski definition) is 5. The molecule has 2 heterocycles. The van der Waals surface area contributed by atoms with E-state index in [0.717, 1.165) is 22.4 Å². The third-order valence-electron chi connectivity index (χ3n) is 10.3. The Kier molecular flexibility index (Phi) is 15.0. The fourth-order valence-corrected chi connectivity index (χ4v) is 7.03. The number of benzene rings is 2. The van der Waals surface area contributed by atoms with E-state index in [9.17, 15) is 24.3 Å². The van der Waals surface area contributed by atoms with Crippen molar-refractivity contribution in [2.45, 2.75) is 104 Å². The standard InChI is InChI=1S/C42H58N6O6/c1-8-27(2)36(34-25-44-40(52)48(34)26-31-20-19-28(3)43-24-31)38(50)45-32(21-29-15-11-9-12-16-29)23-35(49)33(22-30-17-13-10-14-18-30)46-39(51)37(42(4,5)6)47-41(53)54-7/h9-20,24,27,32-37,49H,8,21-23,25-26H2,1-7H3,(H,44,52)(H,45,50)(H,46,51)(H,47,53). The van der Waals surface area contributed by atoms with Gasteiger partial charge in [0.2, 0.25) is 11.8 Å². The molecular formula is C42H58N6O6. The third-order valence-corrected chi connectivity index (χ3v) is 10.3. The minimum Gasteiger partial charge on any atom is -0.453 e. The van der Waals surface area contributed by atoms with E-state index in [1.807, 2.05) is 114 Å². The summed E-state index contributed by atoms with van der Waals surface area (Å²) in [6.45, 7) is 12.1. The molecule has 1 aliphatic heterocycles. The predicted octanol–water partition coefficient (Wildman–Crippen LogP) is 4.92. The minimum absolute atomic E-state index is 0.0644. The van der Waals surface area contributed by atoms with Crippen molar-refractivity contribution in [1.29, 1.82) is 0 Å². The van der Waals surface area contributed by atoms with Crippen molar-refractivity contribution in [2.75, 3.05) is 13.7 Å². The first-order valence-electron chi connectivity index (χ1n) is 18.9. The molecule has 1 aliphatic rings. The number of aryl methyl sites for hydroxylation is 1. The summed E-state index contributed by atoms with van der Waals surface area (Å²) in [6.07, 6.45) is 1.50. The Hall–Kier alpha value is -4.97. The summed E-state index contributed by atoms with van der Waals surface area (Å²) in [5.74, 6) is -1.27. The lowest BCUT2D eigenvalue weighted by atomic mass is 9.83. The van der Waals surface area contributed by atoms with Gasteiger partial charge >= 0.3 is 12.1 Å². The van der Waals surface area contributed by atoms with Crippen LogP contribution in [0, 0.1) is 24.2 Å². The van der Waals surface area contributed by atoms with E-state index in [2.05, 4.69) is 26.3 Å². The number of hydrogen-bond acceptors (Lipinski definition) is 7. The van der Waals surface area contributed by atoms with Crippen LogP contribution >= 0.6 is 0 Å². The molecule has 0 radical (unpaired) electrons. The number of methoxy groups -OCH3 is 1. The summed E-state index contributed by atoms with van der Waals surface area (Å²) >= 11 is 0. The molecule has 0 bridgehead atoms. The van der Waals surface area contributed by atoms with E-state index in [-0.39, 0.29) is 24.3 Å². The van der Waals surface area contributed by atoms with Crippen molar-refractivity contribution >= 4 is 23.9 Å². The average molecular weight is 743 g/mol. The van der Waals surface area contributed by atoms with E-state index in [4.69, 9.17) is 4.74 Å². The number of nitrogens with one attached hydrogen (secondary N) is 4. The second-order valence-electron chi connectivity index (χ2n) is 15.5. The van der Waals surface area contributed by atoms with Gasteiger partial charge < -0.3 is 36.0 Å². The van der Waals surface area contributed by atoms with Crippen molar-refractivity contribution in [3.63, 3.8) is 0 Å². The van der Waals surface area contributed by atoms with E-state index < -0.39 is 53.6 Å². The molecule has 7 unspecified atom stereocenters. The molecule has 12 nitrogen and oxygen atoms in total. The molecule has 1 fully saturated rings. The van der Waals surface area contributed by atoms with Crippen LogP contribution in [0.4, 0.5) is 9.59 Å². The maximum absolute atomic E-state index is 14.5. The molecule has 1 aromatic heterocycles. The van der Waals surface area contributed by atoms with Gasteiger partial charge in [0.05, 0.1) is 31.2 Å². The number of aliphatic hydroxyl groups excluding tert-OH is 1. The van der Waals surface area contributed by atoms with Crippen molar-refractivity contribution in [2.24, 2.45) is 17.3 Å². The van der Waals surface area contributed by atoms with Crippen LogP contribution in [0.1, 0.15) is 69.8 Å². The number of aliphatic hydroxyl groups is 1. The lowest BCUT2D eigenvalue weighted by Crippen LogP contribution is -2.58. The average Bonchev–Trinajstić information content (AvgIpc) is 3.49. The largest absolute Gasteiger partial charge is 0.453 e. The summed E-state index contributed by atoms with van der Waals surface area (Å²) in [5.41, 5.74) is 2.95. The molecule has 7 atom stereocenters. The Labute approximate surface area is 319 Å². The molecular weight excluding hydrogens is 684 g/mol. The second-order valence-corrected chi connectivity index (χ2v) is 15.5. The topological polar surface area (TPSA) is 162 Å². The van der Waals surface area contributed by atoms with Crippen LogP contribution in [0.25, 0.3) is 0 Å². The summed E-state index contributed by atoms with van der Waals surface area (Å²) in [4.78, 5) is 59.9. The summed E-state index contributed by atoms with van der Waals surface area (Å²) < 4.78 is 4.80. The molecule has 0 aliphatic carbocycles. The molecule has 3 aromatic rings. The minimum atomic E-state index is -1.09. The quantitative estimate of drug-likeness (QED) is 0.131. The number of pyridine rings is 1. The van der Waals surface area contributed by atoms with Crippen molar-refractivity contribution in [1.82, 2.24) is 31.2 Å². The smallest absolute Gasteiger partial charge is 0.407 e. The van der Waals surface area contributed by atoms with Gasteiger partial charge in [-0.3, -0.25) is 14.6 Å². The van der Waals surface area contributed by atoms with Crippen LogP contribution in [-0.4, -0.2) is 82.9 Å². The maximum atomic E-state index is 14.5. The zero-order chi connectivity index (χ0) is 39.4. The Balaban J connectivity index is 1.62. The highest BCUT2D eigenvalue weighted by Gasteiger charge is 2.43. The number of rotatable bonds is 17. The van der Waals surface area contributed by atoms with Gasteiger partial charge in [0, 0.05) is 31.0 Å². The Morgan fingerprint density at radius 3 is 2.11 bits per heavy atom. The summed E-state index contributed by atoms with van der Waals surface area (Å²) in [5, 5.41) is 23.9. The number of amides is 5. The van der Waals surface area contributed by atoms with Gasteiger partial charge in [-0.1, -0.05) is 108 Å². The van der Waals surface area contributed by atoms with Gasteiger partial charge in [-0.05, 0) is 60.3 Å². The number of ether oxygens (including phenoxy) is 1. The first-order chi connectivity index (χ1) is 25.7. The van der Waals surface area contributed by atoms with Crippen LogP contribution < -0.4 is 21.3 Å². The number of urea groups is 1. The maximum Gasteiger partial charge on any atom is 0.407 e. The van der Waals surface area contributed by atoms with E-state index in [1.54, 1.807) is 11.1 Å². The fourth-order valence-electron chi connectivity index (χ4n) is 7.03. The van der Waals surface area contributed by atoms with Crippen LogP contribution in [0.15, 0.2) is 79.0 Å². The summed E-state index contributed by atoms with van der Waals surface area (Å²) in [7, 11) is 1.24. The number of aromatic nitrogens is 1. The van der Waals surface area contributed by atoms with Gasteiger partial charge in [-0.15, -0.1) is 0 Å². The predicted molar refractivity (Wildman–Crippen MR) is 208 cm³/mol. The third kappa shape index (κ3) is 11.8. The van der Waals surface area contributed by atoms with Crippen LogP contribution in [0.3, 0.4) is 0 Å². The number of alkyl carbamates (subject to hydrolysis) is 1. The van der Waals surface area contributed by atoms with Crippen LogP contribution in [0.2, 0.25) is 0 Å². The lowest BCUT2D eigenvalue weighted by molar-refractivity contribution is -0.130. The molecule has 54 heavy (non-hydrogen) atoms. The Morgan fingerprint density at radius 1 is 0.926 bits per heavy atom. The number of nitrogens with zero attached hydrogens (tertiary/aromatic N) is 2. The normalized spacial score (nSPS) is 17.7. The monoisotopic (exact) mass is 742 g/mol. The van der Waals surface area contributed by atoms with E-state index >= 15 is 0 Å². The van der Waals surface area contributed by atoms with E-state index in [1.165, 1.54) is 7.11 Å². The first kappa shape index (κ1) is 41.8. The van der Waals surface area contributed by atoms with Crippen LogP contribution in [0.5, 0.6) is 0 Å². The fraction of sp³-hybridized carbons (Fsp3) is 0.500. The SMILES string of the molecule is CCC(C)C(C(=O)NC(Cc1ccccc1)CC(O)C(Cc1ccccc1)NC(=O)C(NC(=O)OC)C(C)(C)C)C1CNC(=O)N1Cc1ccc(C)nc1. The van der Waals surface area contributed by atoms with Crippen molar-refractivity contribution in [3.05, 3.63) is 101 Å². The van der Waals surface area contributed by atoms with Crippen molar-refractivity contribution < 1.29 is 29.0 Å². The molecule has 12 heteroatoms. The van der Waals surface area contributed by atoms with Gasteiger partial charge in [-0.25, -0.2) is 9.59 Å². The molecule has 292 valence electrons. The van der Waals surface area contributed by atoms with Crippen molar-refractivity contribution in [3.8, 4) is 0 Å². The first-order valence-corrected chi connectivity index (χ1v) is 18.9. The van der Waals surface area contributed by atoms with Gasteiger partial charge in [0.15, 0.2) is 0 Å². The number of carbonyl (C=O) groups excluding carboxylic acids is 4. The zero-order valence-electron chi connectivity index (χ0n) is 32.7. The molecule has 1 saturated heterocycles. The molecule has 0 saturated carbocycles. The molecule has 2 aromatic carbocycles. The van der Waals surface area contributed by atoms with Gasteiger partial charge in [-0.2, -0.15) is 0 Å². The van der Waals surface area contributed by atoms with Crippen LogP contribution in [-0.2, 0) is 33.7 Å². The number of carbonyl (C=O) groups is 4. The highest BCUT2D eigenvalue weighted by Crippen LogP contribution is 2.28. The van der Waals surface area contributed by atoms with Gasteiger partial charge in [0.1, 0.15) is 6.04 Å². The molecule has 5 amide bonds. The Bertz CT molecular complexity index is 1670. The van der Waals surface area contributed by atoms with E-state index in [0.29, 0.717) is 32.4 Å². The highest BCUT2D eigenvalue weighted by atomic mass is 16.5.